The SMILES string of the molecule is C[N+](C)(C)CCCCCC[N+](C)(C)C.O=C([O-])c1cccnc1.O=C([O-])c1cccnc1. The molecule has 0 fully saturated rings. The molecule has 0 aliphatic heterocycles. The predicted octanol–water partition coefficient (Wildman–Crippen LogP) is 0.849. The molecule has 2 aromatic heterocycles. The van der Waals surface area contributed by atoms with Crippen molar-refractivity contribution in [2.24, 2.45) is 0 Å². The van der Waals surface area contributed by atoms with E-state index < -0.39 is 11.9 Å². The first-order valence-corrected chi connectivity index (χ1v) is 10.7. The van der Waals surface area contributed by atoms with Gasteiger partial charge in [0.05, 0.1) is 67.3 Å². The summed E-state index contributed by atoms with van der Waals surface area (Å²) in [5.74, 6) is -2.38. The van der Waals surface area contributed by atoms with E-state index in [2.05, 4.69) is 52.3 Å². The van der Waals surface area contributed by atoms with Gasteiger partial charge >= 0.3 is 0 Å². The number of pyridine rings is 2. The van der Waals surface area contributed by atoms with Gasteiger partial charge in [0.25, 0.3) is 0 Å². The lowest BCUT2D eigenvalue weighted by atomic mass is 10.1. The molecule has 2 aromatic rings. The van der Waals surface area contributed by atoms with Crippen LogP contribution in [0.15, 0.2) is 49.1 Å². The van der Waals surface area contributed by atoms with Crippen molar-refractivity contribution in [2.45, 2.75) is 25.7 Å². The largest absolute Gasteiger partial charge is 0.545 e. The van der Waals surface area contributed by atoms with E-state index in [9.17, 15) is 19.8 Å². The van der Waals surface area contributed by atoms with Gasteiger partial charge in [-0.3, -0.25) is 9.97 Å². The van der Waals surface area contributed by atoms with Crippen LogP contribution in [0.5, 0.6) is 0 Å². The summed E-state index contributed by atoms with van der Waals surface area (Å²) in [5, 5.41) is 20.1. The Morgan fingerprint density at radius 2 is 1.03 bits per heavy atom. The lowest BCUT2D eigenvalue weighted by Crippen LogP contribution is -2.35. The second kappa shape index (κ2) is 15.0. The van der Waals surface area contributed by atoms with Gasteiger partial charge in [-0.2, -0.15) is 0 Å². The van der Waals surface area contributed by atoms with Crippen molar-refractivity contribution in [1.82, 2.24) is 9.97 Å². The molecule has 2 rings (SSSR count). The van der Waals surface area contributed by atoms with Gasteiger partial charge in [0.15, 0.2) is 0 Å². The first-order chi connectivity index (χ1) is 14.8. The second-order valence-corrected chi connectivity index (χ2v) is 9.50. The number of carbonyl (C=O) groups is 2. The molecule has 178 valence electrons. The van der Waals surface area contributed by atoms with Gasteiger partial charge in [-0.25, -0.2) is 0 Å². The fraction of sp³-hybridized carbons (Fsp3) is 0.500. The van der Waals surface area contributed by atoms with Crippen LogP contribution in [0, 0.1) is 0 Å². The fourth-order valence-corrected chi connectivity index (χ4v) is 2.49. The van der Waals surface area contributed by atoms with Crippen molar-refractivity contribution in [2.75, 3.05) is 55.4 Å². The topological polar surface area (TPSA) is 106 Å². The first-order valence-electron chi connectivity index (χ1n) is 10.7. The molecule has 8 heteroatoms. The monoisotopic (exact) mass is 446 g/mol. The van der Waals surface area contributed by atoms with Gasteiger partial charge in [-0.1, -0.05) is 12.1 Å². The molecule has 32 heavy (non-hydrogen) atoms. The van der Waals surface area contributed by atoms with Gasteiger partial charge in [-0.15, -0.1) is 0 Å². The molecule has 2 heterocycles. The lowest BCUT2D eigenvalue weighted by molar-refractivity contribution is -0.871. The molecule has 0 bridgehead atoms. The summed E-state index contributed by atoms with van der Waals surface area (Å²) in [5.41, 5.74) is 0.218. The van der Waals surface area contributed by atoms with Gasteiger partial charge in [0.1, 0.15) is 0 Å². The van der Waals surface area contributed by atoms with E-state index in [-0.39, 0.29) is 11.1 Å². The number of carbonyl (C=O) groups excluding carboxylic acids is 2. The van der Waals surface area contributed by atoms with Gasteiger partial charge in [0.2, 0.25) is 0 Å². The average Bonchev–Trinajstić information content (AvgIpc) is 2.71. The van der Waals surface area contributed by atoms with Crippen molar-refractivity contribution in [3.05, 3.63) is 60.2 Å². The summed E-state index contributed by atoms with van der Waals surface area (Å²) >= 11 is 0. The van der Waals surface area contributed by atoms with Crippen molar-refractivity contribution < 1.29 is 28.8 Å². The standard InChI is InChI=1S/C12H30N2.2C6H5NO2/c1-13(2,3)11-9-7-8-10-12-14(4,5)6;2*8-6(9)5-2-1-3-7-4-5/h7-12H2,1-6H3;2*1-4H,(H,8,9)/q+2;;/p-2. The normalized spacial score (nSPS) is 10.8. The van der Waals surface area contributed by atoms with Crippen molar-refractivity contribution in [1.29, 1.82) is 0 Å². The highest BCUT2D eigenvalue weighted by molar-refractivity contribution is 5.85. The van der Waals surface area contributed by atoms with E-state index in [1.54, 1.807) is 12.1 Å². The molecule has 0 aliphatic carbocycles. The van der Waals surface area contributed by atoms with E-state index in [4.69, 9.17) is 0 Å². The van der Waals surface area contributed by atoms with Crippen LogP contribution in [0.2, 0.25) is 0 Å². The molecule has 0 saturated heterocycles. The molecule has 0 N–H and O–H groups in total. The smallest absolute Gasteiger partial charge is 0.0780 e. The first kappa shape index (κ1) is 29.2. The van der Waals surface area contributed by atoms with Crippen LogP contribution in [0.25, 0.3) is 0 Å². The molecular weight excluding hydrogens is 408 g/mol. The zero-order valence-electron chi connectivity index (χ0n) is 20.3. The Morgan fingerprint density at radius 1 is 0.688 bits per heavy atom. The Bertz CT molecular complexity index is 703. The van der Waals surface area contributed by atoms with E-state index >= 15 is 0 Å². The number of hydrogen-bond donors (Lipinski definition) is 0. The van der Waals surface area contributed by atoms with Crippen LogP contribution in [0.1, 0.15) is 46.4 Å². The third kappa shape index (κ3) is 18.0. The van der Waals surface area contributed by atoms with Crippen LogP contribution in [0.3, 0.4) is 0 Å². The number of rotatable bonds is 9. The van der Waals surface area contributed by atoms with Gasteiger partial charge < -0.3 is 28.8 Å². The molecule has 0 saturated carbocycles. The molecule has 0 aliphatic rings. The number of carboxylic acid groups (broad SMARTS) is 2. The predicted molar refractivity (Wildman–Crippen MR) is 121 cm³/mol. The van der Waals surface area contributed by atoms with Crippen molar-refractivity contribution in [3.63, 3.8) is 0 Å². The quantitative estimate of drug-likeness (QED) is 0.418. The number of carboxylic acids is 2. The van der Waals surface area contributed by atoms with Gasteiger partial charge in [0, 0.05) is 35.9 Å². The number of hydrogen-bond acceptors (Lipinski definition) is 6. The Hall–Kier alpha value is -2.84. The summed E-state index contributed by atoms with van der Waals surface area (Å²) in [7, 11) is 13.6. The molecule has 0 unspecified atom stereocenters. The van der Waals surface area contributed by atoms with Crippen LogP contribution >= 0.6 is 0 Å². The van der Waals surface area contributed by atoms with E-state index in [1.165, 1.54) is 75.7 Å². The van der Waals surface area contributed by atoms with Gasteiger partial charge in [-0.05, 0) is 37.8 Å². The number of quaternary nitrogens is 2. The highest BCUT2D eigenvalue weighted by atomic mass is 16.4. The minimum absolute atomic E-state index is 0.109. The maximum Gasteiger partial charge on any atom is 0.0780 e. The molecular formula is C24H38N4O4. The van der Waals surface area contributed by atoms with Crippen molar-refractivity contribution >= 4 is 11.9 Å². The van der Waals surface area contributed by atoms with Crippen LogP contribution in [-0.2, 0) is 0 Å². The Morgan fingerprint density at radius 3 is 1.22 bits per heavy atom. The van der Waals surface area contributed by atoms with E-state index in [0.717, 1.165) is 8.97 Å². The zero-order valence-corrected chi connectivity index (χ0v) is 20.3. The third-order valence-electron chi connectivity index (χ3n) is 4.20. The van der Waals surface area contributed by atoms with Crippen molar-refractivity contribution in [3.8, 4) is 0 Å². The fourth-order valence-electron chi connectivity index (χ4n) is 2.49. The number of nitrogens with zero attached hydrogens (tertiary/aromatic N) is 4. The molecule has 0 atom stereocenters. The van der Waals surface area contributed by atoms with Crippen LogP contribution in [0.4, 0.5) is 0 Å². The second-order valence-electron chi connectivity index (χ2n) is 9.50. The molecule has 0 radical (unpaired) electrons. The summed E-state index contributed by atoms with van der Waals surface area (Å²) in [6.07, 6.45) is 11.1. The summed E-state index contributed by atoms with van der Waals surface area (Å²) in [6.45, 7) is 2.62. The maximum absolute atomic E-state index is 10.0. The summed E-state index contributed by atoms with van der Waals surface area (Å²) in [4.78, 5) is 27.3. The summed E-state index contributed by atoms with van der Waals surface area (Å²) in [6, 6.07) is 5.96. The third-order valence-corrected chi connectivity index (χ3v) is 4.20. The molecule has 8 nitrogen and oxygen atoms in total. The molecule has 0 amide bonds. The molecule has 0 spiro atoms. The Labute approximate surface area is 192 Å². The highest BCUT2D eigenvalue weighted by Gasteiger charge is 2.07. The minimum atomic E-state index is -1.19. The van der Waals surface area contributed by atoms with E-state index in [1.807, 2.05) is 0 Å². The Balaban J connectivity index is 0.000000466. The zero-order chi connectivity index (χ0) is 24.6. The number of unbranched alkanes of at least 4 members (excludes halogenated alkanes) is 3. The maximum atomic E-state index is 10.0. The number of aromatic carboxylic acids is 2. The summed E-state index contributed by atoms with van der Waals surface area (Å²) < 4.78 is 2.21. The van der Waals surface area contributed by atoms with Crippen LogP contribution < -0.4 is 10.2 Å². The average molecular weight is 447 g/mol. The Kier molecular flexibility index (Phi) is 13.7. The lowest BCUT2D eigenvalue weighted by Gasteiger charge is -2.25. The van der Waals surface area contributed by atoms with Crippen LogP contribution in [-0.4, -0.2) is 86.2 Å². The minimum Gasteiger partial charge on any atom is -0.545 e. The van der Waals surface area contributed by atoms with E-state index in [0.29, 0.717) is 0 Å². The number of aromatic nitrogens is 2. The molecule has 0 aromatic carbocycles. The highest BCUT2D eigenvalue weighted by Crippen LogP contribution is 2.05.